The molecule has 3 aromatic rings. The lowest BCUT2D eigenvalue weighted by Gasteiger charge is -2.19. The van der Waals surface area contributed by atoms with Crippen molar-refractivity contribution in [2.24, 2.45) is 17.4 Å². The molecule has 0 saturated heterocycles. The van der Waals surface area contributed by atoms with Gasteiger partial charge in [0.25, 0.3) is 0 Å². The minimum absolute atomic E-state index is 0.223. The number of ether oxygens (including phenoxy) is 3. The van der Waals surface area contributed by atoms with Crippen LogP contribution in [0.5, 0.6) is 17.2 Å². The second-order valence-corrected chi connectivity index (χ2v) is 11.5. The average molecular weight is 684 g/mol. The van der Waals surface area contributed by atoms with Gasteiger partial charge in [0.2, 0.25) is 11.8 Å². The standard InChI is InChI=1S/C32H41N7O8S/c1-17-10-20(13-26(46-3)29(17)47-4)28-22(16-48-39-28)18-7-8-25(45-2)24(12-18)38-30(43)19(6-5-9-36-32(34)35)11-21(40)15-37-31(44)23(33)14-27(41)42/h7-8,10,12-13,16,19,23H,5-6,9,11,14-15,33H2,1-4H3,(H,37,44)(H,38,43)(H,41,42)(H4,34,35,36)/t19-,23+/m0/s1. The van der Waals surface area contributed by atoms with Crippen LogP contribution in [0.15, 0.2) is 35.7 Å². The molecular weight excluding hydrogens is 642 g/mol. The largest absolute Gasteiger partial charge is 0.495 e. The topological polar surface area (TPSA) is 241 Å². The maximum Gasteiger partial charge on any atom is 0.305 e. The van der Waals surface area contributed by atoms with Gasteiger partial charge in [0, 0.05) is 35.4 Å². The number of hydrogen-bond donors (Lipinski definition) is 7. The van der Waals surface area contributed by atoms with Gasteiger partial charge < -0.3 is 46.7 Å². The van der Waals surface area contributed by atoms with Gasteiger partial charge in [0.15, 0.2) is 23.2 Å². The molecule has 9 N–H and O–H groups in total. The van der Waals surface area contributed by atoms with Crippen LogP contribution in [0.2, 0.25) is 0 Å². The fraction of sp³-hybridized carbons (Fsp3) is 0.375. The Morgan fingerprint density at radius 3 is 2.35 bits per heavy atom. The summed E-state index contributed by atoms with van der Waals surface area (Å²) in [6, 6.07) is 7.82. The SMILES string of the molecule is COc1ccc(-c2csnc2-c2cc(C)c(OC)c(OC)c2)cc1NC(=O)[C@@H](CCCNC(=N)N)CC(=O)CNC(=O)[C@H](N)CC(=O)O. The van der Waals surface area contributed by atoms with Crippen molar-refractivity contribution in [3.8, 4) is 39.6 Å². The molecular formula is C32H41N7O8S. The summed E-state index contributed by atoms with van der Waals surface area (Å²) < 4.78 is 21.2. The van der Waals surface area contributed by atoms with Crippen LogP contribution >= 0.6 is 11.5 Å². The predicted octanol–water partition coefficient (Wildman–Crippen LogP) is 2.51. The minimum atomic E-state index is -1.32. The van der Waals surface area contributed by atoms with Crippen LogP contribution in [0, 0.1) is 18.3 Å². The highest BCUT2D eigenvalue weighted by Crippen LogP contribution is 2.41. The Morgan fingerprint density at radius 1 is 0.979 bits per heavy atom. The van der Waals surface area contributed by atoms with Crippen molar-refractivity contribution in [3.63, 3.8) is 0 Å². The maximum atomic E-state index is 13.7. The minimum Gasteiger partial charge on any atom is -0.495 e. The molecule has 1 aromatic heterocycles. The number of methoxy groups -OCH3 is 3. The van der Waals surface area contributed by atoms with E-state index in [2.05, 4.69) is 20.3 Å². The summed E-state index contributed by atoms with van der Waals surface area (Å²) in [5.41, 5.74) is 15.3. The third kappa shape index (κ3) is 10.1. The monoisotopic (exact) mass is 683 g/mol. The molecule has 2 amide bonds. The van der Waals surface area contributed by atoms with Crippen LogP contribution in [0.25, 0.3) is 22.4 Å². The molecule has 16 heteroatoms. The van der Waals surface area contributed by atoms with Crippen molar-refractivity contribution in [2.45, 2.75) is 38.6 Å². The van der Waals surface area contributed by atoms with E-state index in [1.807, 2.05) is 30.5 Å². The van der Waals surface area contributed by atoms with Crippen molar-refractivity contribution in [1.29, 1.82) is 5.41 Å². The number of benzene rings is 2. The Kier molecular flexibility index (Phi) is 13.7. The number of rotatable bonds is 18. The van der Waals surface area contributed by atoms with Gasteiger partial charge in [0.1, 0.15) is 5.75 Å². The maximum absolute atomic E-state index is 13.7. The predicted molar refractivity (Wildman–Crippen MR) is 182 cm³/mol. The number of carboxylic acid groups (broad SMARTS) is 1. The lowest BCUT2D eigenvalue weighted by atomic mass is 9.95. The van der Waals surface area contributed by atoms with Crippen LogP contribution in [0.3, 0.4) is 0 Å². The summed E-state index contributed by atoms with van der Waals surface area (Å²) >= 11 is 1.28. The Hall–Kier alpha value is -5.22. The van der Waals surface area contributed by atoms with Crippen molar-refractivity contribution in [3.05, 3.63) is 41.3 Å². The van der Waals surface area contributed by atoms with Gasteiger partial charge >= 0.3 is 5.97 Å². The number of nitrogens with one attached hydrogen (secondary N) is 4. The molecule has 1 heterocycles. The molecule has 0 saturated carbocycles. The summed E-state index contributed by atoms with van der Waals surface area (Å²) in [6.07, 6.45) is -0.151. The highest BCUT2D eigenvalue weighted by Gasteiger charge is 2.25. The number of Topliss-reactive ketones (excluding diaryl/α,β-unsaturated/α-hetero) is 1. The molecule has 0 bridgehead atoms. The first-order valence-electron chi connectivity index (χ1n) is 14.9. The molecule has 0 aliphatic carbocycles. The number of carbonyl (C=O) groups excluding carboxylic acids is 3. The third-order valence-corrected chi connectivity index (χ3v) is 7.99. The normalized spacial score (nSPS) is 11.9. The number of aliphatic carboxylic acids is 1. The molecule has 258 valence electrons. The lowest BCUT2D eigenvalue weighted by Crippen LogP contribution is -2.44. The van der Waals surface area contributed by atoms with Gasteiger partial charge in [-0.15, -0.1) is 0 Å². The Labute approximate surface area is 282 Å². The zero-order valence-corrected chi connectivity index (χ0v) is 28.0. The highest BCUT2D eigenvalue weighted by molar-refractivity contribution is 7.04. The van der Waals surface area contributed by atoms with E-state index >= 15 is 0 Å². The molecule has 0 unspecified atom stereocenters. The number of ketones is 1. The number of hydrogen-bond acceptors (Lipinski definition) is 11. The van der Waals surface area contributed by atoms with Crippen LogP contribution in [-0.2, 0) is 19.2 Å². The highest BCUT2D eigenvalue weighted by atomic mass is 32.1. The molecule has 3 rings (SSSR count). The van der Waals surface area contributed by atoms with Crippen LogP contribution in [0.1, 0.15) is 31.2 Å². The average Bonchev–Trinajstić information content (AvgIpc) is 3.54. The van der Waals surface area contributed by atoms with E-state index in [0.29, 0.717) is 41.6 Å². The van der Waals surface area contributed by atoms with Crippen LogP contribution in [0.4, 0.5) is 5.69 Å². The molecule has 0 radical (unpaired) electrons. The van der Waals surface area contributed by atoms with Crippen LogP contribution < -0.4 is 41.6 Å². The molecule has 0 spiro atoms. The molecule has 0 fully saturated rings. The van der Waals surface area contributed by atoms with E-state index in [9.17, 15) is 19.2 Å². The number of carbonyl (C=O) groups is 4. The van der Waals surface area contributed by atoms with Gasteiger partial charge in [-0.25, -0.2) is 0 Å². The quantitative estimate of drug-likeness (QED) is 0.0581. The fourth-order valence-corrected chi connectivity index (χ4v) is 5.71. The summed E-state index contributed by atoms with van der Waals surface area (Å²) in [4.78, 5) is 49.5. The summed E-state index contributed by atoms with van der Waals surface area (Å²) in [7, 11) is 4.62. The number of nitrogens with two attached hydrogens (primary N) is 2. The van der Waals surface area contributed by atoms with Crippen molar-refractivity contribution < 1.29 is 38.5 Å². The van der Waals surface area contributed by atoms with E-state index in [-0.39, 0.29) is 18.8 Å². The van der Waals surface area contributed by atoms with Crippen molar-refractivity contribution in [1.82, 2.24) is 15.0 Å². The summed E-state index contributed by atoms with van der Waals surface area (Å²) in [6.45, 7) is 1.79. The Morgan fingerprint density at radius 2 is 1.71 bits per heavy atom. The second kappa shape index (κ2) is 17.6. The number of nitrogens with zero attached hydrogens (tertiary/aromatic N) is 1. The Balaban J connectivity index is 1.85. The van der Waals surface area contributed by atoms with Gasteiger partial charge in [-0.05, 0) is 66.7 Å². The first-order valence-corrected chi connectivity index (χ1v) is 15.7. The zero-order valence-electron chi connectivity index (χ0n) is 27.2. The number of aryl methyl sites for hydroxylation is 1. The number of aromatic nitrogens is 1. The number of amides is 2. The molecule has 0 aliphatic heterocycles. The van der Waals surface area contributed by atoms with E-state index in [0.717, 1.165) is 22.3 Å². The number of guanidine groups is 1. The number of carboxylic acids is 1. The van der Waals surface area contributed by atoms with Gasteiger partial charge in [-0.2, -0.15) is 4.37 Å². The lowest BCUT2D eigenvalue weighted by molar-refractivity contribution is -0.139. The molecule has 2 aromatic carbocycles. The van der Waals surface area contributed by atoms with E-state index < -0.39 is 48.5 Å². The zero-order chi connectivity index (χ0) is 35.4. The van der Waals surface area contributed by atoms with E-state index in [4.69, 9.17) is 36.2 Å². The molecule has 2 atom stereocenters. The van der Waals surface area contributed by atoms with Crippen LogP contribution in [-0.4, -0.2) is 79.5 Å². The van der Waals surface area contributed by atoms with E-state index in [1.54, 1.807) is 26.4 Å². The Bertz CT molecular complexity index is 1640. The van der Waals surface area contributed by atoms with Crippen molar-refractivity contribution >= 4 is 46.7 Å². The molecule has 15 nitrogen and oxygen atoms in total. The third-order valence-electron chi connectivity index (χ3n) is 7.36. The number of anilines is 1. The molecule has 0 aliphatic rings. The molecule has 48 heavy (non-hydrogen) atoms. The van der Waals surface area contributed by atoms with Crippen molar-refractivity contribution in [2.75, 3.05) is 39.7 Å². The smallest absolute Gasteiger partial charge is 0.305 e. The van der Waals surface area contributed by atoms with E-state index in [1.165, 1.54) is 18.6 Å². The summed E-state index contributed by atoms with van der Waals surface area (Å²) in [5.74, 6) is -2.41. The first kappa shape index (κ1) is 37.2. The summed E-state index contributed by atoms with van der Waals surface area (Å²) in [5, 5.41) is 26.0. The van der Waals surface area contributed by atoms with Gasteiger partial charge in [-0.1, -0.05) is 6.07 Å². The fourth-order valence-electron chi connectivity index (χ4n) is 4.99. The van der Waals surface area contributed by atoms with Gasteiger partial charge in [-0.3, -0.25) is 24.6 Å². The van der Waals surface area contributed by atoms with Gasteiger partial charge in [0.05, 0.1) is 51.7 Å². The second-order valence-electron chi connectivity index (χ2n) is 10.9. The first-order chi connectivity index (χ1) is 22.9.